The zero-order chi connectivity index (χ0) is 13.8. The Morgan fingerprint density at radius 2 is 1.58 bits per heavy atom. The van der Waals surface area contributed by atoms with E-state index in [9.17, 15) is 14.7 Å². The van der Waals surface area contributed by atoms with Crippen LogP contribution in [0.3, 0.4) is 0 Å². The van der Waals surface area contributed by atoms with E-state index in [0.717, 1.165) is 0 Å². The molecule has 0 N–H and O–H groups in total. The molecular weight excluding hydrogens is 240 g/mol. The van der Waals surface area contributed by atoms with Gasteiger partial charge in [0.15, 0.2) is 5.78 Å². The zero-order valence-electron chi connectivity index (χ0n) is 10.5. The van der Waals surface area contributed by atoms with E-state index < -0.39 is 11.9 Å². The van der Waals surface area contributed by atoms with Crippen LogP contribution in [0.5, 0.6) is 0 Å². The number of carbonyl (C=O) groups excluding carboxylic acids is 2. The molecule has 0 saturated heterocycles. The van der Waals surface area contributed by atoms with E-state index >= 15 is 0 Å². The van der Waals surface area contributed by atoms with Crippen LogP contribution < -0.4 is 5.11 Å². The van der Waals surface area contributed by atoms with Gasteiger partial charge in [0.1, 0.15) is 0 Å². The Labute approximate surface area is 111 Å². The van der Waals surface area contributed by atoms with E-state index in [1.165, 1.54) is 0 Å². The maximum Gasteiger partial charge on any atom is 0.193 e. The van der Waals surface area contributed by atoms with Crippen molar-refractivity contribution in [2.75, 3.05) is 0 Å². The van der Waals surface area contributed by atoms with Gasteiger partial charge in [0.05, 0.1) is 0 Å². The van der Waals surface area contributed by atoms with Crippen LogP contribution in [0.4, 0.5) is 0 Å². The van der Waals surface area contributed by atoms with Crippen LogP contribution in [0.2, 0.25) is 0 Å². The van der Waals surface area contributed by atoms with Crippen LogP contribution in [-0.2, 0) is 4.79 Å². The first-order valence-corrected chi connectivity index (χ1v) is 6.00. The predicted molar refractivity (Wildman–Crippen MR) is 69.7 cm³/mol. The molecule has 19 heavy (non-hydrogen) atoms. The summed E-state index contributed by atoms with van der Waals surface area (Å²) in [6.45, 7) is 1.54. The molecule has 0 bridgehead atoms. The second-order valence-corrected chi connectivity index (χ2v) is 4.36. The molecule has 0 radical (unpaired) electrons. The molecule has 0 heterocycles. The van der Waals surface area contributed by atoms with Crippen molar-refractivity contribution in [1.29, 1.82) is 0 Å². The quantitative estimate of drug-likeness (QED) is 0.780. The van der Waals surface area contributed by atoms with Crippen molar-refractivity contribution in [3.8, 4) is 0 Å². The van der Waals surface area contributed by atoms with Crippen molar-refractivity contribution in [1.82, 2.24) is 0 Å². The van der Waals surface area contributed by atoms with E-state index in [-0.39, 0.29) is 5.78 Å². The Balaban J connectivity index is 2.34. The number of aliphatic carboxylic acids is 1. The lowest BCUT2D eigenvalue weighted by molar-refractivity contribution is -0.307. The summed E-state index contributed by atoms with van der Waals surface area (Å²) in [4.78, 5) is 23.1. The third-order valence-electron chi connectivity index (χ3n) is 3.04. The van der Waals surface area contributed by atoms with Crippen molar-refractivity contribution in [2.24, 2.45) is 0 Å². The standard InChI is InChI=1S/C16H14O3/c1-11(16(18)19)13-8-5-9-14(10-13)15(17)12-6-3-2-4-7-12/h2-11H,1H3,(H,18,19)/p-1/t11-/m1/s1. The fourth-order valence-corrected chi connectivity index (χ4v) is 1.84. The Morgan fingerprint density at radius 3 is 2.21 bits per heavy atom. The number of ketones is 1. The summed E-state index contributed by atoms with van der Waals surface area (Å²) in [7, 11) is 0. The van der Waals surface area contributed by atoms with Gasteiger partial charge in [-0.25, -0.2) is 0 Å². The topological polar surface area (TPSA) is 57.2 Å². The predicted octanol–water partition coefficient (Wildman–Crippen LogP) is 1.77. The first kappa shape index (κ1) is 13.0. The Hall–Kier alpha value is -2.42. The van der Waals surface area contributed by atoms with Gasteiger partial charge in [0, 0.05) is 23.0 Å². The van der Waals surface area contributed by atoms with Gasteiger partial charge in [0.2, 0.25) is 0 Å². The minimum absolute atomic E-state index is 0.118. The molecule has 2 aromatic rings. The lowest BCUT2D eigenvalue weighted by Crippen LogP contribution is -2.28. The molecule has 2 rings (SSSR count). The average molecular weight is 253 g/mol. The summed E-state index contributed by atoms with van der Waals surface area (Å²) in [5, 5.41) is 10.9. The fourth-order valence-electron chi connectivity index (χ4n) is 1.84. The highest BCUT2D eigenvalue weighted by Crippen LogP contribution is 2.18. The minimum atomic E-state index is -1.15. The molecule has 0 amide bonds. The molecule has 2 aromatic carbocycles. The molecule has 0 aromatic heterocycles. The van der Waals surface area contributed by atoms with Crippen LogP contribution in [0, 0.1) is 0 Å². The van der Waals surface area contributed by atoms with Gasteiger partial charge in [-0.15, -0.1) is 0 Å². The van der Waals surface area contributed by atoms with Gasteiger partial charge >= 0.3 is 0 Å². The SMILES string of the molecule is C[C@@H](C(=O)[O-])c1cccc(C(=O)c2ccccc2)c1. The normalized spacial score (nSPS) is 11.8. The molecule has 0 unspecified atom stereocenters. The third kappa shape index (κ3) is 2.88. The number of hydrogen-bond donors (Lipinski definition) is 0. The number of benzene rings is 2. The lowest BCUT2D eigenvalue weighted by atomic mass is 9.96. The minimum Gasteiger partial charge on any atom is -0.550 e. The van der Waals surface area contributed by atoms with Crippen molar-refractivity contribution < 1.29 is 14.7 Å². The van der Waals surface area contributed by atoms with Gasteiger partial charge in [-0.05, 0) is 11.6 Å². The van der Waals surface area contributed by atoms with Crippen molar-refractivity contribution in [3.63, 3.8) is 0 Å². The monoisotopic (exact) mass is 253 g/mol. The summed E-state index contributed by atoms with van der Waals surface area (Å²) >= 11 is 0. The van der Waals surface area contributed by atoms with E-state index in [4.69, 9.17) is 0 Å². The summed E-state index contributed by atoms with van der Waals surface area (Å²) < 4.78 is 0. The third-order valence-corrected chi connectivity index (χ3v) is 3.04. The maximum atomic E-state index is 12.2. The Kier molecular flexibility index (Phi) is 3.76. The Morgan fingerprint density at radius 1 is 0.947 bits per heavy atom. The van der Waals surface area contributed by atoms with Gasteiger partial charge in [-0.1, -0.05) is 55.5 Å². The number of hydrogen-bond acceptors (Lipinski definition) is 3. The van der Waals surface area contributed by atoms with Gasteiger partial charge in [0.25, 0.3) is 0 Å². The number of carboxylic acids is 1. The molecule has 3 heteroatoms. The van der Waals surface area contributed by atoms with E-state index in [1.807, 2.05) is 6.07 Å². The maximum absolute atomic E-state index is 12.2. The summed E-state index contributed by atoms with van der Waals surface area (Å²) in [5.74, 6) is -2.00. The molecule has 0 saturated carbocycles. The smallest absolute Gasteiger partial charge is 0.193 e. The molecule has 0 aliphatic rings. The molecule has 96 valence electrons. The first-order valence-electron chi connectivity index (χ1n) is 6.00. The highest BCUT2D eigenvalue weighted by molar-refractivity contribution is 6.09. The summed E-state index contributed by atoms with van der Waals surface area (Å²) in [6, 6.07) is 15.5. The van der Waals surface area contributed by atoms with Gasteiger partial charge in [-0.3, -0.25) is 4.79 Å². The van der Waals surface area contributed by atoms with E-state index in [1.54, 1.807) is 55.5 Å². The number of carboxylic acid groups (broad SMARTS) is 1. The molecule has 0 fully saturated rings. The molecule has 3 nitrogen and oxygen atoms in total. The molecule has 0 aliphatic heterocycles. The van der Waals surface area contributed by atoms with Gasteiger partial charge in [-0.2, -0.15) is 0 Å². The average Bonchev–Trinajstić information content (AvgIpc) is 2.46. The second-order valence-electron chi connectivity index (χ2n) is 4.36. The van der Waals surface area contributed by atoms with Crippen molar-refractivity contribution in [2.45, 2.75) is 12.8 Å². The van der Waals surface area contributed by atoms with E-state index in [0.29, 0.717) is 16.7 Å². The van der Waals surface area contributed by atoms with Crippen LogP contribution in [0.15, 0.2) is 54.6 Å². The van der Waals surface area contributed by atoms with Crippen LogP contribution in [-0.4, -0.2) is 11.8 Å². The second kappa shape index (κ2) is 5.48. The number of carbonyl (C=O) groups is 2. The van der Waals surface area contributed by atoms with Crippen LogP contribution in [0.1, 0.15) is 34.3 Å². The van der Waals surface area contributed by atoms with Crippen LogP contribution in [0.25, 0.3) is 0 Å². The molecular formula is C16H13O3-. The first-order chi connectivity index (χ1) is 9.09. The lowest BCUT2D eigenvalue weighted by Gasteiger charge is -2.13. The molecule has 1 atom stereocenters. The van der Waals surface area contributed by atoms with E-state index in [2.05, 4.69) is 0 Å². The van der Waals surface area contributed by atoms with Crippen molar-refractivity contribution >= 4 is 11.8 Å². The molecule has 0 spiro atoms. The van der Waals surface area contributed by atoms with Crippen molar-refractivity contribution in [3.05, 3.63) is 71.3 Å². The number of rotatable bonds is 4. The van der Waals surface area contributed by atoms with Gasteiger partial charge < -0.3 is 9.90 Å². The Bertz CT molecular complexity index is 602. The van der Waals surface area contributed by atoms with Crippen LogP contribution >= 0.6 is 0 Å². The zero-order valence-corrected chi connectivity index (χ0v) is 10.5. The summed E-state index contributed by atoms with van der Waals surface area (Å²) in [5.41, 5.74) is 1.64. The summed E-state index contributed by atoms with van der Waals surface area (Å²) in [6.07, 6.45) is 0. The highest BCUT2D eigenvalue weighted by atomic mass is 16.4. The largest absolute Gasteiger partial charge is 0.550 e. The molecule has 0 aliphatic carbocycles. The fraction of sp³-hybridized carbons (Fsp3) is 0.125. The highest BCUT2D eigenvalue weighted by Gasteiger charge is 2.12.